The molecule has 3 unspecified atom stereocenters. The summed E-state index contributed by atoms with van der Waals surface area (Å²) < 4.78 is 32.4. The van der Waals surface area contributed by atoms with Gasteiger partial charge in [0.15, 0.2) is 9.84 Å². The third kappa shape index (κ3) is 4.30. The fourth-order valence-corrected chi connectivity index (χ4v) is 7.82. The zero-order chi connectivity index (χ0) is 24.1. The minimum atomic E-state index is -3.44. The number of nitrogens with one attached hydrogen (secondary N) is 1. The molecule has 2 aliphatic heterocycles. The van der Waals surface area contributed by atoms with Crippen LogP contribution in [-0.4, -0.2) is 56.3 Å². The number of rotatable bonds is 7. The highest BCUT2D eigenvalue weighted by Gasteiger charge is 2.45. The number of allylic oxidation sites excluding steroid dienone is 1. The molecule has 1 N–H and O–H groups in total. The lowest BCUT2D eigenvalue weighted by molar-refractivity contribution is 0.0580. The first-order chi connectivity index (χ1) is 16.2. The van der Waals surface area contributed by atoms with Gasteiger partial charge < -0.3 is 15.0 Å². The first-order valence-electron chi connectivity index (χ1n) is 13.0. The smallest absolute Gasteiger partial charge is 0.258 e. The highest BCUT2D eigenvalue weighted by Crippen LogP contribution is 2.41. The fraction of sp³-hybridized carbons (Fsp3) is 0.667. The highest BCUT2D eigenvalue weighted by atomic mass is 32.2. The van der Waals surface area contributed by atoms with E-state index >= 15 is 0 Å². The normalized spacial score (nSPS) is 26.4. The summed E-state index contributed by atoms with van der Waals surface area (Å²) in [4.78, 5) is 16.3. The third-order valence-electron chi connectivity index (χ3n) is 8.39. The van der Waals surface area contributed by atoms with Crippen LogP contribution in [0.25, 0.3) is 0 Å². The Morgan fingerprint density at radius 1 is 1.21 bits per heavy atom. The van der Waals surface area contributed by atoms with Crippen LogP contribution in [0.4, 0.5) is 0 Å². The van der Waals surface area contributed by atoms with Crippen molar-refractivity contribution >= 4 is 15.7 Å². The number of hydrogen-bond donors (Lipinski definition) is 1. The van der Waals surface area contributed by atoms with Gasteiger partial charge in [-0.3, -0.25) is 4.79 Å². The molecule has 0 radical (unpaired) electrons. The van der Waals surface area contributed by atoms with E-state index in [9.17, 15) is 13.2 Å². The first kappa shape index (κ1) is 23.9. The molecule has 1 aromatic carbocycles. The van der Waals surface area contributed by atoms with Gasteiger partial charge in [0.2, 0.25) is 0 Å². The quantitative estimate of drug-likeness (QED) is 0.583. The molecule has 1 aromatic rings. The summed E-state index contributed by atoms with van der Waals surface area (Å²) >= 11 is 0. The Balaban J connectivity index is 1.55. The number of hydrogen-bond acceptors (Lipinski definition) is 5. The molecular weight excluding hydrogens is 448 g/mol. The molecule has 0 spiro atoms. The summed E-state index contributed by atoms with van der Waals surface area (Å²) in [5, 5.41) is 3.64. The van der Waals surface area contributed by atoms with E-state index < -0.39 is 15.4 Å². The molecule has 0 aromatic heterocycles. The van der Waals surface area contributed by atoms with Gasteiger partial charge in [0.25, 0.3) is 5.91 Å². The number of carbonyl (C=O) groups is 1. The van der Waals surface area contributed by atoms with Crippen LogP contribution in [-0.2, 0) is 16.3 Å². The molecule has 6 nitrogen and oxygen atoms in total. The Morgan fingerprint density at radius 2 is 2.00 bits per heavy atom. The SMILES string of the molecule is CC1Cc2cc(S(=O)(=O)CC3CC3)cc(C(=O)N(C)C(C)(C3=CCCCC3)C3CCCN3)c2O1. The molecule has 1 saturated carbocycles. The van der Waals surface area contributed by atoms with E-state index in [0.717, 1.165) is 57.1 Å². The van der Waals surface area contributed by atoms with Crippen molar-refractivity contribution in [2.75, 3.05) is 19.3 Å². The number of carbonyl (C=O) groups excluding carboxylic acids is 1. The number of nitrogens with zero attached hydrogens (tertiary/aromatic N) is 1. The van der Waals surface area contributed by atoms with E-state index in [-0.39, 0.29) is 34.6 Å². The van der Waals surface area contributed by atoms with Crippen LogP contribution >= 0.6 is 0 Å². The predicted octanol–water partition coefficient (Wildman–Crippen LogP) is 4.28. The number of sulfone groups is 1. The lowest BCUT2D eigenvalue weighted by Crippen LogP contribution is -2.59. The van der Waals surface area contributed by atoms with E-state index in [1.54, 1.807) is 12.1 Å². The summed E-state index contributed by atoms with van der Waals surface area (Å²) in [6, 6.07) is 3.51. The van der Waals surface area contributed by atoms with Gasteiger partial charge >= 0.3 is 0 Å². The molecule has 5 rings (SSSR count). The zero-order valence-corrected chi connectivity index (χ0v) is 21.5. The molecule has 1 amide bonds. The number of amides is 1. The largest absolute Gasteiger partial charge is 0.489 e. The van der Waals surface area contributed by atoms with Gasteiger partial charge in [0.05, 0.1) is 21.8 Å². The number of likely N-dealkylation sites (N-methyl/N-ethyl adjacent to an activating group) is 1. The van der Waals surface area contributed by atoms with Gasteiger partial charge in [-0.2, -0.15) is 0 Å². The molecule has 0 bridgehead atoms. The molecule has 3 atom stereocenters. The van der Waals surface area contributed by atoms with Crippen molar-refractivity contribution in [1.29, 1.82) is 0 Å². The molecule has 186 valence electrons. The van der Waals surface area contributed by atoms with E-state index in [1.165, 1.54) is 12.0 Å². The summed E-state index contributed by atoms with van der Waals surface area (Å²) in [5.41, 5.74) is 2.07. The van der Waals surface area contributed by atoms with E-state index in [0.29, 0.717) is 17.7 Å². The maximum absolute atomic E-state index is 14.2. The van der Waals surface area contributed by atoms with Gasteiger partial charge in [-0.05, 0) is 101 Å². The number of benzene rings is 1. The maximum atomic E-state index is 14.2. The van der Waals surface area contributed by atoms with Crippen LogP contribution in [0.2, 0.25) is 0 Å². The fourth-order valence-electron chi connectivity index (χ4n) is 6.06. The van der Waals surface area contributed by atoms with Crippen molar-refractivity contribution in [2.45, 2.75) is 94.2 Å². The standard InChI is InChI=1S/C27H38N2O4S/c1-18-14-20-15-22(34(31,32)17-19-11-12-19)16-23(25(20)33-18)26(30)29(3)27(2,24-10-7-13-28-24)21-8-5-4-6-9-21/h8,15-16,18-19,24,28H,4-7,9-14,17H2,1-3H3. The summed E-state index contributed by atoms with van der Waals surface area (Å²) in [7, 11) is -1.56. The monoisotopic (exact) mass is 486 g/mol. The summed E-state index contributed by atoms with van der Waals surface area (Å²) in [6.45, 7) is 5.11. The van der Waals surface area contributed by atoms with Crippen LogP contribution < -0.4 is 10.1 Å². The molecule has 2 aliphatic carbocycles. The Morgan fingerprint density at radius 3 is 2.65 bits per heavy atom. The van der Waals surface area contributed by atoms with Crippen LogP contribution in [0.1, 0.15) is 81.1 Å². The van der Waals surface area contributed by atoms with Crippen molar-refractivity contribution in [3.8, 4) is 5.75 Å². The van der Waals surface area contributed by atoms with Crippen molar-refractivity contribution in [3.63, 3.8) is 0 Å². The van der Waals surface area contributed by atoms with Crippen molar-refractivity contribution in [2.24, 2.45) is 5.92 Å². The van der Waals surface area contributed by atoms with Crippen molar-refractivity contribution in [1.82, 2.24) is 10.2 Å². The summed E-state index contributed by atoms with van der Waals surface area (Å²) in [5.74, 6) is 0.832. The second-order valence-corrected chi connectivity index (χ2v) is 13.0. The number of ether oxygens (including phenoxy) is 1. The van der Waals surface area contributed by atoms with Crippen LogP contribution in [0, 0.1) is 5.92 Å². The Hall–Kier alpha value is -1.86. The lowest BCUT2D eigenvalue weighted by Gasteiger charge is -2.46. The summed E-state index contributed by atoms with van der Waals surface area (Å²) in [6.07, 6.45) is 11.3. The van der Waals surface area contributed by atoms with Crippen molar-refractivity contribution in [3.05, 3.63) is 34.9 Å². The van der Waals surface area contributed by atoms with Crippen LogP contribution in [0.15, 0.2) is 28.7 Å². The highest BCUT2D eigenvalue weighted by molar-refractivity contribution is 7.91. The predicted molar refractivity (Wildman–Crippen MR) is 133 cm³/mol. The lowest BCUT2D eigenvalue weighted by atomic mass is 9.77. The minimum Gasteiger partial charge on any atom is -0.489 e. The van der Waals surface area contributed by atoms with Gasteiger partial charge in [-0.15, -0.1) is 0 Å². The average Bonchev–Trinajstić information content (AvgIpc) is 3.29. The number of fused-ring (bicyclic) bond motifs is 1. The molecule has 1 saturated heterocycles. The second kappa shape index (κ2) is 8.98. The minimum absolute atomic E-state index is 0.0721. The topological polar surface area (TPSA) is 75.7 Å². The molecular formula is C27H38N2O4S. The van der Waals surface area contributed by atoms with Gasteiger partial charge in [0.1, 0.15) is 11.9 Å². The van der Waals surface area contributed by atoms with E-state index in [1.807, 2.05) is 18.9 Å². The molecule has 34 heavy (non-hydrogen) atoms. The first-order valence-corrected chi connectivity index (χ1v) is 14.6. The molecule has 2 heterocycles. The van der Waals surface area contributed by atoms with Crippen molar-refractivity contribution < 1.29 is 17.9 Å². The van der Waals surface area contributed by atoms with Gasteiger partial charge in [-0.25, -0.2) is 8.42 Å². The Labute approximate surface area is 204 Å². The second-order valence-electron chi connectivity index (χ2n) is 11.0. The third-order valence-corrected chi connectivity index (χ3v) is 10.3. The molecule has 4 aliphatic rings. The average molecular weight is 487 g/mol. The van der Waals surface area contributed by atoms with E-state index in [2.05, 4.69) is 18.3 Å². The molecule has 2 fully saturated rings. The van der Waals surface area contributed by atoms with Crippen LogP contribution in [0.3, 0.4) is 0 Å². The Kier molecular flexibility index (Phi) is 6.30. The van der Waals surface area contributed by atoms with Crippen LogP contribution in [0.5, 0.6) is 5.75 Å². The van der Waals surface area contributed by atoms with E-state index in [4.69, 9.17) is 4.74 Å². The van der Waals surface area contributed by atoms with Gasteiger partial charge in [0, 0.05) is 19.5 Å². The Bertz CT molecular complexity index is 1100. The zero-order valence-electron chi connectivity index (χ0n) is 20.7. The van der Waals surface area contributed by atoms with Gasteiger partial charge in [-0.1, -0.05) is 6.08 Å². The maximum Gasteiger partial charge on any atom is 0.258 e. The molecule has 7 heteroatoms.